The average Bonchev–Trinajstić information content (AvgIpc) is 3.30. The first-order valence-corrected chi connectivity index (χ1v) is 10.4. The molecule has 136 valence electrons. The highest BCUT2D eigenvalue weighted by Crippen LogP contribution is 2.28. The van der Waals surface area contributed by atoms with Gasteiger partial charge < -0.3 is 4.57 Å². The molecule has 2 heterocycles. The Morgan fingerprint density at radius 2 is 1.89 bits per heavy atom. The molecule has 1 amide bonds. The van der Waals surface area contributed by atoms with Crippen molar-refractivity contribution in [1.82, 2.24) is 9.55 Å². The number of hydrogen-bond donors (Lipinski definition) is 0. The lowest BCUT2D eigenvalue weighted by Gasteiger charge is -2.02. The van der Waals surface area contributed by atoms with Gasteiger partial charge in [0.15, 0.2) is 9.81 Å². The number of nitrogens with zero attached hydrogens (tertiary/aromatic N) is 3. The van der Waals surface area contributed by atoms with E-state index in [-0.39, 0.29) is 5.91 Å². The summed E-state index contributed by atoms with van der Waals surface area (Å²) in [7, 11) is 0. The number of fused-ring (bicyclic) bond motifs is 4. The highest BCUT2D eigenvalue weighted by Gasteiger charge is 2.14. The van der Waals surface area contributed by atoms with Crippen molar-refractivity contribution < 1.29 is 4.79 Å². The van der Waals surface area contributed by atoms with Gasteiger partial charge in [0.2, 0.25) is 0 Å². The van der Waals surface area contributed by atoms with E-state index in [9.17, 15) is 4.79 Å². The molecule has 0 aliphatic carbocycles. The van der Waals surface area contributed by atoms with Gasteiger partial charge in [0.1, 0.15) is 0 Å². The van der Waals surface area contributed by atoms with E-state index in [4.69, 9.17) is 0 Å². The fraction of sp³-hybridized carbons (Fsp3) is 0.0455. The molecule has 28 heavy (non-hydrogen) atoms. The van der Waals surface area contributed by atoms with Gasteiger partial charge >= 0.3 is 5.91 Å². The summed E-state index contributed by atoms with van der Waals surface area (Å²) in [4.78, 5) is 22.4. The summed E-state index contributed by atoms with van der Waals surface area (Å²) < 4.78 is 4.14. The number of amides is 1. The molecule has 4 nitrogen and oxygen atoms in total. The molecule has 0 spiro atoms. The van der Waals surface area contributed by atoms with Crippen LogP contribution in [0.25, 0.3) is 31.2 Å². The van der Waals surface area contributed by atoms with Crippen LogP contribution in [0.1, 0.15) is 9.80 Å². The Morgan fingerprint density at radius 3 is 2.75 bits per heavy atom. The van der Waals surface area contributed by atoms with Crippen LogP contribution in [-0.2, 0) is 6.54 Å². The number of benzene rings is 3. The van der Waals surface area contributed by atoms with Gasteiger partial charge in [-0.25, -0.2) is 4.98 Å². The van der Waals surface area contributed by atoms with Gasteiger partial charge in [0.05, 0.1) is 20.4 Å². The van der Waals surface area contributed by atoms with Crippen LogP contribution < -0.4 is 4.80 Å². The lowest BCUT2D eigenvalue weighted by molar-refractivity contribution is 0.0997. The number of aromatic nitrogens is 2. The number of rotatable bonds is 3. The van der Waals surface area contributed by atoms with Crippen molar-refractivity contribution in [3.63, 3.8) is 0 Å². The zero-order valence-corrected chi connectivity index (χ0v) is 16.5. The predicted octanol–water partition coefficient (Wildman–Crippen LogP) is 5.39. The molecule has 5 rings (SSSR count). The molecule has 0 unspecified atom stereocenters. The zero-order chi connectivity index (χ0) is 19.1. The molecule has 0 aliphatic heterocycles. The summed E-state index contributed by atoms with van der Waals surface area (Å²) in [5.74, 6) is -0.310. The molecule has 0 aliphatic rings. The van der Waals surface area contributed by atoms with Crippen LogP contribution in [0, 0.1) is 0 Å². The standard InChI is InChI=1S/C22H15N3OS2/c1-2-13-25-17-12-11-14-7-3-4-8-15(14)19(17)28-22(25)24-20(26)21-23-16-9-5-6-10-18(16)27-21/h2-12H,1,13H2. The highest BCUT2D eigenvalue weighted by molar-refractivity contribution is 7.20. The second-order valence-corrected chi connectivity index (χ2v) is 8.33. The Morgan fingerprint density at radius 1 is 1.07 bits per heavy atom. The number of carbonyl (C=O) groups is 1. The maximum Gasteiger partial charge on any atom is 0.308 e. The van der Waals surface area contributed by atoms with Gasteiger partial charge in [-0.05, 0) is 23.6 Å². The molecule has 0 radical (unpaired) electrons. The number of hydrogen-bond acceptors (Lipinski definition) is 4. The van der Waals surface area contributed by atoms with Crippen molar-refractivity contribution in [2.24, 2.45) is 4.99 Å². The summed E-state index contributed by atoms with van der Waals surface area (Å²) in [5.41, 5.74) is 1.88. The summed E-state index contributed by atoms with van der Waals surface area (Å²) >= 11 is 2.90. The van der Waals surface area contributed by atoms with Crippen LogP contribution in [0.4, 0.5) is 0 Å². The number of carbonyl (C=O) groups excluding carboxylic acids is 1. The van der Waals surface area contributed by atoms with Crippen molar-refractivity contribution in [3.05, 3.63) is 83.1 Å². The molecule has 2 aromatic heterocycles. The number of thiazole rings is 2. The maximum atomic E-state index is 12.8. The van der Waals surface area contributed by atoms with E-state index in [1.165, 1.54) is 28.1 Å². The van der Waals surface area contributed by atoms with Gasteiger partial charge in [0.25, 0.3) is 0 Å². The van der Waals surface area contributed by atoms with Crippen LogP contribution in [0.2, 0.25) is 0 Å². The third-order valence-electron chi connectivity index (χ3n) is 4.56. The second kappa shape index (κ2) is 6.82. The topological polar surface area (TPSA) is 47.2 Å². The predicted molar refractivity (Wildman–Crippen MR) is 117 cm³/mol. The van der Waals surface area contributed by atoms with Crippen molar-refractivity contribution in [2.75, 3.05) is 0 Å². The molecule has 0 bridgehead atoms. The Labute approximate surface area is 168 Å². The molecular formula is C22H15N3OS2. The molecule has 0 N–H and O–H groups in total. The van der Waals surface area contributed by atoms with Crippen LogP contribution in [-0.4, -0.2) is 15.5 Å². The minimum atomic E-state index is -0.310. The molecule has 5 aromatic rings. The van der Waals surface area contributed by atoms with E-state index >= 15 is 0 Å². The lowest BCUT2D eigenvalue weighted by atomic mass is 10.1. The molecular weight excluding hydrogens is 386 g/mol. The van der Waals surface area contributed by atoms with Crippen molar-refractivity contribution in [1.29, 1.82) is 0 Å². The first-order chi connectivity index (χ1) is 13.7. The molecule has 0 atom stereocenters. The van der Waals surface area contributed by atoms with Crippen molar-refractivity contribution in [3.8, 4) is 0 Å². The Hall–Kier alpha value is -3.09. The van der Waals surface area contributed by atoms with E-state index in [0.29, 0.717) is 16.4 Å². The third kappa shape index (κ3) is 2.78. The van der Waals surface area contributed by atoms with E-state index in [1.807, 2.05) is 47.0 Å². The SMILES string of the molecule is C=CCn1c(=NC(=O)c2nc3ccccc3s2)sc2c3ccccc3ccc21. The fourth-order valence-corrected chi connectivity index (χ4v) is 5.31. The summed E-state index contributed by atoms with van der Waals surface area (Å²) in [6.07, 6.45) is 1.82. The summed E-state index contributed by atoms with van der Waals surface area (Å²) in [5, 5.41) is 2.75. The first-order valence-electron chi connectivity index (χ1n) is 8.81. The van der Waals surface area contributed by atoms with Crippen LogP contribution in [0.5, 0.6) is 0 Å². The summed E-state index contributed by atoms with van der Waals surface area (Å²) in [6, 6.07) is 20.2. The molecule has 0 fully saturated rings. The molecule has 0 saturated carbocycles. The van der Waals surface area contributed by atoms with Gasteiger partial charge in [-0.2, -0.15) is 4.99 Å². The first kappa shape index (κ1) is 17.0. The highest BCUT2D eigenvalue weighted by atomic mass is 32.1. The zero-order valence-electron chi connectivity index (χ0n) is 14.8. The average molecular weight is 402 g/mol. The Kier molecular flexibility index (Phi) is 4.15. The monoisotopic (exact) mass is 401 g/mol. The van der Waals surface area contributed by atoms with Crippen LogP contribution in [0.3, 0.4) is 0 Å². The van der Waals surface area contributed by atoms with Gasteiger partial charge in [-0.3, -0.25) is 4.79 Å². The number of para-hydroxylation sites is 1. The quantitative estimate of drug-likeness (QED) is 0.380. The summed E-state index contributed by atoms with van der Waals surface area (Å²) in [6.45, 7) is 4.45. The van der Waals surface area contributed by atoms with Gasteiger partial charge in [0, 0.05) is 11.9 Å². The van der Waals surface area contributed by atoms with Crippen molar-refractivity contribution in [2.45, 2.75) is 6.54 Å². The van der Waals surface area contributed by atoms with E-state index in [0.717, 1.165) is 25.8 Å². The lowest BCUT2D eigenvalue weighted by Crippen LogP contribution is -2.16. The van der Waals surface area contributed by atoms with Gasteiger partial charge in [-0.1, -0.05) is 59.9 Å². The van der Waals surface area contributed by atoms with Crippen LogP contribution >= 0.6 is 22.7 Å². The molecule has 3 aromatic carbocycles. The van der Waals surface area contributed by atoms with E-state index < -0.39 is 0 Å². The third-order valence-corrected chi connectivity index (χ3v) is 6.71. The Bertz CT molecular complexity index is 1410. The molecule has 6 heteroatoms. The minimum absolute atomic E-state index is 0.310. The molecule has 0 saturated heterocycles. The largest absolute Gasteiger partial charge is 0.312 e. The van der Waals surface area contributed by atoms with Crippen LogP contribution in [0.15, 0.2) is 78.3 Å². The van der Waals surface area contributed by atoms with Crippen molar-refractivity contribution >= 4 is 59.8 Å². The normalized spacial score (nSPS) is 12.2. The Balaban J connectivity index is 1.72. The van der Waals surface area contributed by atoms with E-state index in [1.54, 1.807) is 0 Å². The minimum Gasteiger partial charge on any atom is -0.312 e. The number of allylic oxidation sites excluding steroid dienone is 1. The fourth-order valence-electron chi connectivity index (χ4n) is 3.29. The second-order valence-electron chi connectivity index (χ2n) is 6.32. The smallest absolute Gasteiger partial charge is 0.308 e. The van der Waals surface area contributed by atoms with E-state index in [2.05, 4.69) is 40.8 Å². The van der Waals surface area contributed by atoms with Gasteiger partial charge in [-0.15, -0.1) is 17.9 Å². The maximum absolute atomic E-state index is 12.8.